The molecule has 170 valence electrons. The molecule has 2 rings (SSSR count). The largest absolute Gasteiger partial charge is 0.383 e. The van der Waals surface area contributed by atoms with Crippen LogP contribution in [0.3, 0.4) is 0 Å². The minimum Gasteiger partial charge on any atom is -0.383 e. The van der Waals surface area contributed by atoms with Crippen molar-refractivity contribution in [3.05, 3.63) is 22.4 Å². The number of guanidine groups is 1. The SMILES string of the molecule is COCCNC(=O)CN1CCN(C(=NCC(=O)N(C)C)NCc2cccs2)CC1.I. The maximum Gasteiger partial charge on any atom is 0.243 e. The van der Waals surface area contributed by atoms with E-state index in [-0.39, 0.29) is 42.3 Å². The van der Waals surface area contributed by atoms with Crippen molar-refractivity contribution in [2.24, 2.45) is 4.99 Å². The van der Waals surface area contributed by atoms with Crippen LogP contribution in [0.1, 0.15) is 4.88 Å². The van der Waals surface area contributed by atoms with Crippen molar-refractivity contribution in [3.8, 4) is 0 Å². The lowest BCUT2D eigenvalue weighted by atomic mass is 10.3. The maximum atomic E-state index is 12.0. The number of amides is 2. The summed E-state index contributed by atoms with van der Waals surface area (Å²) in [5.41, 5.74) is 0. The quantitative estimate of drug-likeness (QED) is 0.198. The average Bonchev–Trinajstić information content (AvgIpc) is 3.22. The predicted octanol–water partition coefficient (Wildman–Crippen LogP) is 0.280. The summed E-state index contributed by atoms with van der Waals surface area (Å²) >= 11 is 1.68. The van der Waals surface area contributed by atoms with Crippen molar-refractivity contribution in [3.63, 3.8) is 0 Å². The molecule has 0 radical (unpaired) electrons. The fraction of sp³-hybridized carbons (Fsp3) is 0.632. The second-order valence-corrected chi connectivity index (χ2v) is 8.00. The Balaban J connectivity index is 0.00000450. The number of nitrogens with zero attached hydrogens (tertiary/aromatic N) is 4. The van der Waals surface area contributed by atoms with E-state index in [9.17, 15) is 9.59 Å². The van der Waals surface area contributed by atoms with Crippen molar-refractivity contribution < 1.29 is 14.3 Å². The number of hydrogen-bond donors (Lipinski definition) is 2. The van der Waals surface area contributed by atoms with Crippen LogP contribution in [0, 0.1) is 0 Å². The van der Waals surface area contributed by atoms with Crippen molar-refractivity contribution >= 4 is 53.1 Å². The van der Waals surface area contributed by atoms with Gasteiger partial charge in [-0.2, -0.15) is 0 Å². The minimum atomic E-state index is -0.0354. The minimum absolute atomic E-state index is 0. The molecule has 0 unspecified atom stereocenters. The zero-order valence-electron chi connectivity index (χ0n) is 17.9. The van der Waals surface area contributed by atoms with Crippen LogP contribution in [-0.2, 0) is 20.9 Å². The number of methoxy groups -OCH3 is 1. The van der Waals surface area contributed by atoms with Gasteiger partial charge in [-0.25, -0.2) is 4.99 Å². The number of carbonyl (C=O) groups is 2. The Morgan fingerprint density at radius 1 is 1.23 bits per heavy atom. The van der Waals surface area contributed by atoms with Gasteiger partial charge in [0, 0.05) is 58.8 Å². The summed E-state index contributed by atoms with van der Waals surface area (Å²) in [7, 11) is 5.07. The average molecular weight is 552 g/mol. The number of hydrogen-bond acceptors (Lipinski definition) is 6. The number of halogens is 1. The number of aliphatic imine (C=N–C) groups is 1. The lowest BCUT2D eigenvalue weighted by Gasteiger charge is -2.36. The Labute approximate surface area is 199 Å². The van der Waals surface area contributed by atoms with Crippen LogP contribution in [0.25, 0.3) is 0 Å². The number of nitrogens with one attached hydrogen (secondary N) is 2. The first-order valence-corrected chi connectivity index (χ1v) is 10.6. The van der Waals surface area contributed by atoms with Gasteiger partial charge in [0.2, 0.25) is 11.8 Å². The van der Waals surface area contributed by atoms with E-state index in [4.69, 9.17) is 4.74 Å². The van der Waals surface area contributed by atoms with Crippen LogP contribution in [-0.4, -0.2) is 106 Å². The van der Waals surface area contributed by atoms with Crippen LogP contribution < -0.4 is 10.6 Å². The summed E-state index contributed by atoms with van der Waals surface area (Å²) < 4.78 is 4.95. The van der Waals surface area contributed by atoms with E-state index in [1.165, 1.54) is 4.88 Å². The second kappa shape index (κ2) is 14.5. The van der Waals surface area contributed by atoms with Crippen molar-refractivity contribution in [2.75, 3.05) is 73.6 Å². The monoisotopic (exact) mass is 552 g/mol. The van der Waals surface area contributed by atoms with E-state index < -0.39 is 0 Å². The molecular weight excluding hydrogens is 519 g/mol. The molecule has 30 heavy (non-hydrogen) atoms. The number of likely N-dealkylation sites (N-methyl/N-ethyl adjacent to an activating group) is 1. The normalized spacial score (nSPS) is 14.8. The van der Waals surface area contributed by atoms with Crippen LogP contribution in [0.2, 0.25) is 0 Å². The lowest BCUT2D eigenvalue weighted by Crippen LogP contribution is -2.54. The topological polar surface area (TPSA) is 89.5 Å². The maximum absolute atomic E-state index is 12.0. The van der Waals surface area contributed by atoms with Gasteiger partial charge in [0.25, 0.3) is 0 Å². The van der Waals surface area contributed by atoms with Gasteiger partial charge < -0.3 is 25.2 Å². The highest BCUT2D eigenvalue weighted by molar-refractivity contribution is 14.0. The molecule has 2 N–H and O–H groups in total. The van der Waals surface area contributed by atoms with Gasteiger partial charge in [-0.1, -0.05) is 6.07 Å². The molecule has 0 aliphatic carbocycles. The highest BCUT2D eigenvalue weighted by Crippen LogP contribution is 2.08. The van der Waals surface area contributed by atoms with Crippen LogP contribution in [0.5, 0.6) is 0 Å². The van der Waals surface area contributed by atoms with E-state index in [0.29, 0.717) is 26.2 Å². The number of carbonyl (C=O) groups excluding carboxylic acids is 2. The highest BCUT2D eigenvalue weighted by atomic mass is 127. The van der Waals surface area contributed by atoms with E-state index in [1.54, 1.807) is 37.4 Å². The molecule has 2 amide bonds. The van der Waals surface area contributed by atoms with E-state index in [1.807, 2.05) is 11.4 Å². The summed E-state index contributed by atoms with van der Waals surface area (Å²) in [6, 6.07) is 4.09. The van der Waals surface area contributed by atoms with Gasteiger partial charge in [-0.05, 0) is 11.4 Å². The molecule has 1 saturated heterocycles. The zero-order chi connectivity index (χ0) is 21.1. The van der Waals surface area contributed by atoms with E-state index in [2.05, 4.69) is 31.5 Å². The molecule has 1 aliphatic rings. The van der Waals surface area contributed by atoms with E-state index in [0.717, 1.165) is 32.1 Å². The van der Waals surface area contributed by atoms with Crippen LogP contribution in [0.15, 0.2) is 22.5 Å². The Hall–Kier alpha value is -1.44. The molecule has 0 bridgehead atoms. The molecule has 1 aromatic heterocycles. The number of piperazine rings is 1. The number of ether oxygens (including phenoxy) is 1. The fourth-order valence-corrected chi connectivity index (χ4v) is 3.44. The van der Waals surface area contributed by atoms with Gasteiger partial charge in [-0.3, -0.25) is 14.5 Å². The molecule has 9 nitrogen and oxygen atoms in total. The molecule has 1 fully saturated rings. The summed E-state index contributed by atoms with van der Waals surface area (Å²) in [5.74, 6) is 0.710. The van der Waals surface area contributed by atoms with Gasteiger partial charge in [0.1, 0.15) is 6.54 Å². The molecule has 1 aromatic rings. The van der Waals surface area contributed by atoms with Crippen molar-refractivity contribution in [2.45, 2.75) is 6.54 Å². The van der Waals surface area contributed by atoms with Crippen LogP contribution in [0.4, 0.5) is 0 Å². The first kappa shape index (κ1) is 26.6. The second-order valence-electron chi connectivity index (χ2n) is 6.97. The lowest BCUT2D eigenvalue weighted by molar-refractivity contribution is -0.127. The Morgan fingerprint density at radius 3 is 2.57 bits per heavy atom. The molecular formula is C19H33IN6O3S. The molecule has 1 aliphatic heterocycles. The first-order chi connectivity index (χ1) is 14.0. The first-order valence-electron chi connectivity index (χ1n) is 9.73. The number of thiophene rings is 1. The summed E-state index contributed by atoms with van der Waals surface area (Å²) in [6.45, 7) is 5.23. The molecule has 0 aromatic carbocycles. The van der Waals surface area contributed by atoms with Crippen molar-refractivity contribution in [1.29, 1.82) is 0 Å². The Morgan fingerprint density at radius 2 is 1.97 bits per heavy atom. The Bertz CT molecular complexity index is 663. The predicted molar refractivity (Wildman–Crippen MR) is 130 cm³/mol. The third kappa shape index (κ3) is 9.58. The van der Waals surface area contributed by atoms with Gasteiger partial charge in [0.05, 0.1) is 19.7 Å². The highest BCUT2D eigenvalue weighted by Gasteiger charge is 2.21. The zero-order valence-corrected chi connectivity index (χ0v) is 21.1. The smallest absolute Gasteiger partial charge is 0.243 e. The summed E-state index contributed by atoms with van der Waals surface area (Å²) in [5, 5.41) is 8.27. The van der Waals surface area contributed by atoms with Gasteiger partial charge in [0.15, 0.2) is 5.96 Å². The third-order valence-corrected chi connectivity index (χ3v) is 5.41. The molecule has 0 saturated carbocycles. The third-order valence-electron chi connectivity index (χ3n) is 4.53. The van der Waals surface area contributed by atoms with E-state index >= 15 is 0 Å². The van der Waals surface area contributed by atoms with Crippen LogP contribution >= 0.6 is 35.3 Å². The van der Waals surface area contributed by atoms with Crippen molar-refractivity contribution in [1.82, 2.24) is 25.3 Å². The molecule has 0 spiro atoms. The summed E-state index contributed by atoms with van der Waals surface area (Å²) in [6.07, 6.45) is 0. The molecule has 11 heteroatoms. The molecule has 2 heterocycles. The van der Waals surface area contributed by atoms with Gasteiger partial charge in [-0.15, -0.1) is 35.3 Å². The standard InChI is InChI=1S/C19H32N6O3S.HI/c1-23(2)18(27)14-22-19(21-13-16-5-4-12-29-16)25-9-7-24(8-10-25)15-17(26)20-6-11-28-3;/h4-5,12H,6-11,13-15H2,1-3H3,(H,20,26)(H,21,22);1H. The van der Waals surface area contributed by atoms with Gasteiger partial charge >= 0.3 is 0 Å². The molecule has 0 atom stereocenters. The fourth-order valence-electron chi connectivity index (χ4n) is 2.80. The number of rotatable bonds is 9. The Kier molecular flexibility index (Phi) is 12.9. The summed E-state index contributed by atoms with van der Waals surface area (Å²) in [4.78, 5) is 35.5.